The lowest BCUT2D eigenvalue weighted by Crippen LogP contribution is -2.42. The van der Waals surface area contributed by atoms with Crippen molar-refractivity contribution in [2.75, 3.05) is 10.6 Å². The van der Waals surface area contributed by atoms with Gasteiger partial charge in [0.15, 0.2) is 0 Å². The van der Waals surface area contributed by atoms with Gasteiger partial charge in [0, 0.05) is 16.4 Å². The van der Waals surface area contributed by atoms with E-state index in [2.05, 4.69) is 17.2 Å². The molecule has 36 heavy (non-hydrogen) atoms. The number of nitrogens with one attached hydrogen (secondary N) is 2. The van der Waals surface area contributed by atoms with Crippen molar-refractivity contribution >= 4 is 35.0 Å². The molecule has 1 aliphatic rings. The van der Waals surface area contributed by atoms with E-state index in [1.807, 2.05) is 66.7 Å². The predicted octanol–water partition coefficient (Wildman–Crippen LogP) is 7.32. The third-order valence-corrected chi connectivity index (χ3v) is 6.77. The first kappa shape index (κ1) is 25.3. The van der Waals surface area contributed by atoms with Crippen LogP contribution in [0.15, 0.2) is 85.5 Å². The molecule has 1 saturated carbocycles. The van der Waals surface area contributed by atoms with Crippen molar-refractivity contribution in [1.29, 1.82) is 0 Å². The Bertz CT molecular complexity index is 1240. The molecule has 1 fully saturated rings. The monoisotopic (exact) mass is 504 g/mol. The zero-order chi connectivity index (χ0) is 25.5. The van der Waals surface area contributed by atoms with Gasteiger partial charge in [-0.05, 0) is 66.3 Å². The Morgan fingerprint density at radius 2 is 1.83 bits per heavy atom. The second kappa shape index (κ2) is 11.3. The molecule has 0 aliphatic heterocycles. The Hall–Kier alpha value is -3.77. The summed E-state index contributed by atoms with van der Waals surface area (Å²) in [6.45, 7) is 4.04. The van der Waals surface area contributed by atoms with Gasteiger partial charge in [-0.25, -0.2) is 4.79 Å². The lowest BCUT2D eigenvalue weighted by atomic mass is 9.64. The van der Waals surface area contributed by atoms with E-state index in [0.29, 0.717) is 30.0 Å². The number of hydrogen-bond acceptors (Lipinski definition) is 4. The summed E-state index contributed by atoms with van der Waals surface area (Å²) in [5.74, 6) is -0.779. The minimum atomic E-state index is -0.807. The molecule has 3 N–H and O–H groups in total. The summed E-state index contributed by atoms with van der Waals surface area (Å²) in [5.41, 5.74) is 3.06. The maximum Gasteiger partial charge on any atom is 0.411 e. The summed E-state index contributed by atoms with van der Waals surface area (Å²) < 4.78 is 5.32. The van der Waals surface area contributed by atoms with Crippen LogP contribution in [0.25, 0.3) is 0 Å². The SMILES string of the molecule is C=CC[C@H](Nc1cccc(C2(C(=O)O)CCC2)c1)c1cc(Cl)cc(NC(=O)OCc2ccccc2)c1. The highest BCUT2D eigenvalue weighted by Gasteiger charge is 2.45. The zero-order valence-electron chi connectivity index (χ0n) is 19.9. The van der Waals surface area contributed by atoms with Crippen LogP contribution in [-0.4, -0.2) is 17.2 Å². The number of halogens is 1. The van der Waals surface area contributed by atoms with E-state index in [1.54, 1.807) is 12.1 Å². The molecule has 4 rings (SSSR count). The minimum Gasteiger partial charge on any atom is -0.481 e. The Kier molecular flexibility index (Phi) is 7.96. The molecule has 6 nitrogen and oxygen atoms in total. The van der Waals surface area contributed by atoms with Crippen LogP contribution >= 0.6 is 11.6 Å². The number of carbonyl (C=O) groups excluding carboxylic acids is 1. The average molecular weight is 505 g/mol. The topological polar surface area (TPSA) is 87.7 Å². The van der Waals surface area contributed by atoms with Crippen LogP contribution < -0.4 is 10.6 Å². The Morgan fingerprint density at radius 3 is 2.50 bits per heavy atom. The second-order valence-corrected chi connectivity index (χ2v) is 9.44. The molecule has 0 spiro atoms. The number of ether oxygens (including phenoxy) is 1. The van der Waals surface area contributed by atoms with Gasteiger partial charge in [-0.15, -0.1) is 6.58 Å². The van der Waals surface area contributed by atoms with Gasteiger partial charge in [0.1, 0.15) is 6.61 Å². The molecule has 7 heteroatoms. The average Bonchev–Trinajstić information content (AvgIpc) is 2.82. The lowest BCUT2D eigenvalue weighted by Gasteiger charge is -2.38. The van der Waals surface area contributed by atoms with E-state index >= 15 is 0 Å². The van der Waals surface area contributed by atoms with E-state index in [4.69, 9.17) is 16.3 Å². The van der Waals surface area contributed by atoms with Gasteiger partial charge < -0.3 is 15.2 Å². The van der Waals surface area contributed by atoms with Crippen molar-refractivity contribution in [1.82, 2.24) is 0 Å². The number of amides is 1. The molecule has 186 valence electrons. The number of carboxylic acids is 1. The standard InChI is InChI=1S/C29H29ClN2O4/c1-2-8-26(31-24-12-6-11-22(17-24)29(27(33)34)13-7-14-29)21-15-23(30)18-25(16-21)32-28(35)36-19-20-9-4-3-5-10-20/h2-6,9-12,15-18,26,31H,1,7-8,13-14,19H2,(H,32,35)(H,33,34)/t26-/m0/s1. The van der Waals surface area contributed by atoms with Crippen LogP contribution in [0.1, 0.15) is 48.4 Å². The molecule has 0 radical (unpaired) electrons. The molecule has 1 atom stereocenters. The first-order valence-electron chi connectivity index (χ1n) is 11.9. The van der Waals surface area contributed by atoms with Gasteiger partial charge in [0.2, 0.25) is 0 Å². The first-order chi connectivity index (χ1) is 17.4. The summed E-state index contributed by atoms with van der Waals surface area (Å²) in [7, 11) is 0. The van der Waals surface area contributed by atoms with Crippen molar-refractivity contribution in [3.8, 4) is 0 Å². The third-order valence-electron chi connectivity index (χ3n) is 6.56. The molecule has 0 saturated heterocycles. The van der Waals surface area contributed by atoms with Crippen molar-refractivity contribution in [3.63, 3.8) is 0 Å². The Labute approximate surface area is 215 Å². The van der Waals surface area contributed by atoms with Crippen molar-refractivity contribution < 1.29 is 19.4 Å². The molecule has 1 aliphatic carbocycles. The number of rotatable bonds is 10. The smallest absolute Gasteiger partial charge is 0.411 e. The summed E-state index contributed by atoms with van der Waals surface area (Å²) in [6.07, 6.45) is 4.01. The number of carboxylic acid groups (broad SMARTS) is 1. The highest BCUT2D eigenvalue weighted by Crippen LogP contribution is 2.44. The van der Waals surface area contributed by atoms with Gasteiger partial charge in [0.25, 0.3) is 0 Å². The van der Waals surface area contributed by atoms with Crippen LogP contribution in [-0.2, 0) is 21.6 Å². The third kappa shape index (κ3) is 5.89. The maximum absolute atomic E-state index is 12.4. The molecule has 3 aromatic rings. The van der Waals surface area contributed by atoms with Gasteiger partial charge >= 0.3 is 12.1 Å². The molecule has 0 heterocycles. The Balaban J connectivity index is 1.49. The number of benzene rings is 3. The lowest BCUT2D eigenvalue weighted by molar-refractivity contribution is -0.147. The predicted molar refractivity (Wildman–Crippen MR) is 142 cm³/mol. The quantitative estimate of drug-likeness (QED) is 0.252. The fourth-order valence-corrected chi connectivity index (χ4v) is 4.72. The molecular formula is C29H29ClN2O4. The van der Waals surface area contributed by atoms with E-state index in [0.717, 1.165) is 28.8 Å². The summed E-state index contributed by atoms with van der Waals surface area (Å²) in [5, 5.41) is 16.5. The highest BCUT2D eigenvalue weighted by molar-refractivity contribution is 6.31. The van der Waals surface area contributed by atoms with Gasteiger partial charge in [-0.1, -0.05) is 66.6 Å². The molecule has 3 aromatic carbocycles. The Morgan fingerprint density at radius 1 is 1.06 bits per heavy atom. The summed E-state index contributed by atoms with van der Waals surface area (Å²) in [6, 6.07) is 22.2. The van der Waals surface area contributed by atoms with E-state index < -0.39 is 17.5 Å². The highest BCUT2D eigenvalue weighted by atomic mass is 35.5. The summed E-state index contributed by atoms with van der Waals surface area (Å²) >= 11 is 6.39. The van der Waals surface area contributed by atoms with Gasteiger partial charge in [-0.2, -0.15) is 0 Å². The number of aliphatic carboxylic acids is 1. The second-order valence-electron chi connectivity index (χ2n) is 9.00. The molecule has 1 amide bonds. The van der Waals surface area contributed by atoms with Crippen molar-refractivity contribution in [2.24, 2.45) is 0 Å². The van der Waals surface area contributed by atoms with Crippen LogP contribution in [0, 0.1) is 0 Å². The summed E-state index contributed by atoms with van der Waals surface area (Å²) in [4.78, 5) is 24.3. The van der Waals surface area contributed by atoms with Crippen molar-refractivity contribution in [3.05, 3.63) is 107 Å². The van der Waals surface area contributed by atoms with Crippen molar-refractivity contribution in [2.45, 2.75) is 43.7 Å². The molecule has 0 bridgehead atoms. The maximum atomic E-state index is 12.4. The molecule has 0 aromatic heterocycles. The fraction of sp³-hybridized carbons (Fsp3) is 0.241. The van der Waals surface area contributed by atoms with Crippen LogP contribution in [0.4, 0.5) is 16.2 Å². The molecule has 0 unspecified atom stereocenters. The van der Waals surface area contributed by atoms with E-state index in [-0.39, 0.29) is 12.6 Å². The number of hydrogen-bond donors (Lipinski definition) is 3. The fourth-order valence-electron chi connectivity index (χ4n) is 4.47. The molecular weight excluding hydrogens is 476 g/mol. The van der Waals surface area contributed by atoms with E-state index in [9.17, 15) is 14.7 Å². The number of carbonyl (C=O) groups is 2. The largest absolute Gasteiger partial charge is 0.481 e. The van der Waals surface area contributed by atoms with E-state index in [1.165, 1.54) is 0 Å². The van der Waals surface area contributed by atoms with Crippen LogP contribution in [0.2, 0.25) is 5.02 Å². The first-order valence-corrected chi connectivity index (χ1v) is 12.3. The van der Waals surface area contributed by atoms with Gasteiger partial charge in [-0.3, -0.25) is 10.1 Å². The van der Waals surface area contributed by atoms with Crippen LogP contribution in [0.3, 0.4) is 0 Å². The normalized spacial score (nSPS) is 14.7. The zero-order valence-corrected chi connectivity index (χ0v) is 20.6. The van der Waals surface area contributed by atoms with Crippen LogP contribution in [0.5, 0.6) is 0 Å². The minimum absolute atomic E-state index is 0.162. The van der Waals surface area contributed by atoms with Gasteiger partial charge in [0.05, 0.1) is 11.5 Å². The number of anilines is 2.